The van der Waals surface area contributed by atoms with Crippen molar-refractivity contribution in [3.05, 3.63) is 28.3 Å². The minimum atomic E-state index is -0.844. The van der Waals surface area contributed by atoms with Crippen LogP contribution in [0.25, 0.3) is 0 Å². The Morgan fingerprint density at radius 3 is 2.85 bits per heavy atom. The minimum absolute atomic E-state index is 0.0195. The number of fused-ring (bicyclic) bond motifs is 3. The Labute approximate surface area is 116 Å². The van der Waals surface area contributed by atoms with Crippen molar-refractivity contribution in [3.8, 4) is 5.75 Å². The normalized spacial score (nSPS) is 19.4. The van der Waals surface area contributed by atoms with Gasteiger partial charge < -0.3 is 10.1 Å². The lowest BCUT2D eigenvalue weighted by Crippen LogP contribution is -2.18. The maximum absolute atomic E-state index is 14.1. The highest BCUT2D eigenvalue weighted by Crippen LogP contribution is 2.46. The molecular formula is C15H17F2NO2. The number of carbonyl (C=O) groups is 1. The molecule has 1 aliphatic carbocycles. The van der Waals surface area contributed by atoms with Crippen LogP contribution in [0, 0.1) is 11.6 Å². The summed E-state index contributed by atoms with van der Waals surface area (Å²) in [5, 5.41) is 2.59. The fourth-order valence-electron chi connectivity index (χ4n) is 3.36. The van der Waals surface area contributed by atoms with Crippen LogP contribution < -0.4 is 10.1 Å². The molecule has 0 spiro atoms. The van der Waals surface area contributed by atoms with Crippen molar-refractivity contribution in [2.45, 2.75) is 38.0 Å². The molecule has 1 aromatic rings. The zero-order valence-corrected chi connectivity index (χ0v) is 11.4. The van der Waals surface area contributed by atoms with Gasteiger partial charge in [-0.25, -0.2) is 4.39 Å². The van der Waals surface area contributed by atoms with Gasteiger partial charge in [0.25, 0.3) is 0 Å². The predicted octanol–water partition coefficient (Wildman–Crippen LogP) is 2.46. The van der Waals surface area contributed by atoms with Crippen LogP contribution in [0.3, 0.4) is 0 Å². The van der Waals surface area contributed by atoms with Crippen molar-refractivity contribution in [2.75, 3.05) is 13.7 Å². The third-order valence-electron chi connectivity index (χ3n) is 4.33. The van der Waals surface area contributed by atoms with Crippen LogP contribution >= 0.6 is 0 Å². The van der Waals surface area contributed by atoms with Gasteiger partial charge >= 0.3 is 0 Å². The second-order valence-electron chi connectivity index (χ2n) is 5.37. The van der Waals surface area contributed by atoms with E-state index in [0.717, 1.165) is 17.5 Å². The fraction of sp³-hybridized carbons (Fsp3) is 0.533. The van der Waals surface area contributed by atoms with Crippen LogP contribution in [0.1, 0.15) is 41.9 Å². The van der Waals surface area contributed by atoms with Gasteiger partial charge in [0.15, 0.2) is 11.6 Å². The molecule has 1 atom stereocenters. The van der Waals surface area contributed by atoms with E-state index in [4.69, 9.17) is 4.74 Å². The first-order chi connectivity index (χ1) is 9.63. The zero-order valence-electron chi connectivity index (χ0n) is 11.4. The lowest BCUT2D eigenvalue weighted by atomic mass is 9.90. The summed E-state index contributed by atoms with van der Waals surface area (Å²) in [6.45, 7) is 0.407. The topological polar surface area (TPSA) is 38.3 Å². The van der Waals surface area contributed by atoms with E-state index in [1.807, 2.05) is 0 Å². The highest BCUT2D eigenvalue weighted by atomic mass is 19.2. The molecule has 3 rings (SSSR count). The molecule has 20 heavy (non-hydrogen) atoms. The van der Waals surface area contributed by atoms with E-state index in [-0.39, 0.29) is 17.6 Å². The van der Waals surface area contributed by atoms with Gasteiger partial charge in [0.05, 0.1) is 6.61 Å². The molecule has 0 saturated carbocycles. The molecule has 0 bridgehead atoms. The summed E-state index contributed by atoms with van der Waals surface area (Å²) >= 11 is 0. The largest absolute Gasteiger partial charge is 0.490 e. The van der Waals surface area contributed by atoms with Crippen molar-refractivity contribution in [1.29, 1.82) is 0 Å². The summed E-state index contributed by atoms with van der Waals surface area (Å²) in [6, 6.07) is 0. The Bertz CT molecular complexity index is 572. The molecule has 0 saturated heterocycles. The Morgan fingerprint density at radius 2 is 2.10 bits per heavy atom. The molecular weight excluding hydrogens is 264 g/mol. The molecule has 0 fully saturated rings. The third-order valence-corrected chi connectivity index (χ3v) is 4.33. The van der Waals surface area contributed by atoms with E-state index in [9.17, 15) is 13.6 Å². The molecule has 1 amide bonds. The highest BCUT2D eigenvalue weighted by Gasteiger charge is 2.35. The molecule has 1 unspecified atom stereocenters. The SMILES string of the molecule is CNC(=O)CCC1CCc2c(F)c(F)c3c(c21)CCO3. The van der Waals surface area contributed by atoms with E-state index in [1.54, 1.807) is 7.05 Å². The highest BCUT2D eigenvalue weighted by molar-refractivity contribution is 5.75. The second kappa shape index (κ2) is 5.04. The van der Waals surface area contributed by atoms with Gasteiger partial charge in [0.1, 0.15) is 0 Å². The molecule has 1 aromatic carbocycles. The smallest absolute Gasteiger partial charge is 0.219 e. The van der Waals surface area contributed by atoms with E-state index in [1.165, 1.54) is 0 Å². The first-order valence-electron chi connectivity index (χ1n) is 6.99. The van der Waals surface area contributed by atoms with E-state index in [2.05, 4.69) is 5.32 Å². The van der Waals surface area contributed by atoms with Crippen molar-refractivity contribution >= 4 is 5.91 Å². The summed E-state index contributed by atoms with van der Waals surface area (Å²) in [5.41, 5.74) is 2.22. The Kier molecular flexibility index (Phi) is 3.36. The lowest BCUT2D eigenvalue weighted by Gasteiger charge is -2.15. The van der Waals surface area contributed by atoms with Gasteiger partial charge in [-0.2, -0.15) is 4.39 Å². The quantitative estimate of drug-likeness (QED) is 0.924. The standard InChI is InChI=1S/C15H17F2NO2/c1-18-11(19)5-3-8-2-4-9-12(8)10-6-7-20-15(10)14(17)13(9)16/h8H,2-7H2,1H3,(H,18,19). The molecule has 2 aliphatic rings. The number of rotatable bonds is 3. The average molecular weight is 281 g/mol. The fourth-order valence-corrected chi connectivity index (χ4v) is 3.36. The molecule has 0 aromatic heterocycles. The third kappa shape index (κ3) is 1.96. The van der Waals surface area contributed by atoms with Gasteiger partial charge in [-0.05, 0) is 36.3 Å². The zero-order chi connectivity index (χ0) is 14.3. The van der Waals surface area contributed by atoms with Gasteiger partial charge in [-0.1, -0.05) is 0 Å². The molecule has 3 nitrogen and oxygen atoms in total. The van der Waals surface area contributed by atoms with Gasteiger partial charge in [0.2, 0.25) is 11.7 Å². The molecule has 1 N–H and O–H groups in total. The molecule has 108 valence electrons. The van der Waals surface area contributed by atoms with Crippen LogP contribution in [0.5, 0.6) is 5.75 Å². The van der Waals surface area contributed by atoms with Crippen LogP contribution in [-0.4, -0.2) is 19.6 Å². The van der Waals surface area contributed by atoms with Crippen LogP contribution in [-0.2, 0) is 17.6 Å². The van der Waals surface area contributed by atoms with Gasteiger partial charge in [0, 0.05) is 25.5 Å². The maximum Gasteiger partial charge on any atom is 0.219 e. The van der Waals surface area contributed by atoms with Crippen LogP contribution in [0.15, 0.2) is 0 Å². The maximum atomic E-state index is 14.1. The van der Waals surface area contributed by atoms with E-state index < -0.39 is 11.6 Å². The summed E-state index contributed by atoms with van der Waals surface area (Å²) in [5.74, 6) is -1.40. The van der Waals surface area contributed by atoms with E-state index in [0.29, 0.717) is 37.9 Å². The molecule has 1 aliphatic heterocycles. The number of hydrogen-bond donors (Lipinski definition) is 1. The van der Waals surface area contributed by atoms with Crippen molar-refractivity contribution in [2.24, 2.45) is 0 Å². The van der Waals surface area contributed by atoms with Gasteiger partial charge in [-0.15, -0.1) is 0 Å². The van der Waals surface area contributed by atoms with Crippen LogP contribution in [0.2, 0.25) is 0 Å². The average Bonchev–Trinajstić information content (AvgIpc) is 3.08. The van der Waals surface area contributed by atoms with Crippen molar-refractivity contribution in [1.82, 2.24) is 5.32 Å². The van der Waals surface area contributed by atoms with Crippen LogP contribution in [0.4, 0.5) is 8.78 Å². The van der Waals surface area contributed by atoms with Gasteiger partial charge in [-0.3, -0.25) is 4.79 Å². The number of benzene rings is 1. The lowest BCUT2D eigenvalue weighted by molar-refractivity contribution is -0.120. The van der Waals surface area contributed by atoms with E-state index >= 15 is 0 Å². The minimum Gasteiger partial charge on any atom is -0.490 e. The number of carbonyl (C=O) groups excluding carboxylic acids is 1. The molecule has 1 heterocycles. The first kappa shape index (κ1) is 13.3. The molecule has 5 heteroatoms. The Hall–Kier alpha value is -1.65. The monoisotopic (exact) mass is 281 g/mol. The summed E-state index contributed by atoms with van der Waals surface area (Å²) in [7, 11) is 1.60. The Morgan fingerprint density at radius 1 is 1.30 bits per heavy atom. The summed E-state index contributed by atoms with van der Waals surface area (Å²) in [4.78, 5) is 11.4. The first-order valence-corrected chi connectivity index (χ1v) is 6.99. The summed E-state index contributed by atoms with van der Waals surface area (Å²) in [6.07, 6.45) is 3.04. The second-order valence-corrected chi connectivity index (χ2v) is 5.37. The number of ether oxygens (including phenoxy) is 1. The number of halogens is 2. The number of amides is 1. The van der Waals surface area contributed by atoms with Crippen molar-refractivity contribution < 1.29 is 18.3 Å². The number of hydrogen-bond acceptors (Lipinski definition) is 2. The van der Waals surface area contributed by atoms with Crippen molar-refractivity contribution in [3.63, 3.8) is 0 Å². The number of nitrogens with one attached hydrogen (secondary N) is 1. The predicted molar refractivity (Wildman–Crippen MR) is 69.9 cm³/mol. The summed E-state index contributed by atoms with van der Waals surface area (Å²) < 4.78 is 33.2. The molecule has 0 radical (unpaired) electrons. The Balaban J connectivity index is 1.95.